The number of ether oxygens (including phenoxy) is 1. The van der Waals surface area contributed by atoms with Crippen molar-refractivity contribution in [3.05, 3.63) is 23.2 Å². The van der Waals surface area contributed by atoms with Crippen LogP contribution in [0.25, 0.3) is 0 Å². The van der Waals surface area contributed by atoms with Crippen molar-refractivity contribution < 1.29 is 9.53 Å². The van der Waals surface area contributed by atoms with E-state index >= 15 is 0 Å². The molecule has 0 radical (unpaired) electrons. The molecule has 1 unspecified atom stereocenters. The van der Waals surface area contributed by atoms with Crippen LogP contribution >= 0.6 is 11.6 Å². The summed E-state index contributed by atoms with van der Waals surface area (Å²) in [5, 5.41) is 3.48. The number of methoxy groups -OCH3 is 1. The second kappa shape index (κ2) is 8.39. The molecule has 1 heterocycles. The lowest BCUT2D eigenvalue weighted by molar-refractivity contribution is -0.116. The van der Waals surface area contributed by atoms with E-state index in [0.29, 0.717) is 28.9 Å². The maximum atomic E-state index is 12.2. The Morgan fingerprint density at radius 3 is 3.00 bits per heavy atom. The normalized spacial score (nSPS) is 19.0. The van der Waals surface area contributed by atoms with Crippen molar-refractivity contribution in [3.63, 3.8) is 0 Å². The fraction of sp³-hybridized carbons (Fsp3) is 0.588. The highest BCUT2D eigenvalue weighted by atomic mass is 35.5. The van der Waals surface area contributed by atoms with Crippen molar-refractivity contribution >= 4 is 23.2 Å². The molecule has 1 fully saturated rings. The van der Waals surface area contributed by atoms with Gasteiger partial charge in [-0.1, -0.05) is 24.9 Å². The Kier molecular flexibility index (Phi) is 6.52. The Hall–Kier alpha value is -1.26. The van der Waals surface area contributed by atoms with Gasteiger partial charge in [0.2, 0.25) is 5.91 Å². The quantitative estimate of drug-likeness (QED) is 0.861. The first-order valence-corrected chi connectivity index (χ1v) is 8.39. The van der Waals surface area contributed by atoms with E-state index in [-0.39, 0.29) is 5.91 Å². The van der Waals surface area contributed by atoms with Gasteiger partial charge in [0.15, 0.2) is 0 Å². The van der Waals surface area contributed by atoms with E-state index in [1.165, 1.54) is 19.3 Å². The minimum atomic E-state index is 0.000920. The molecule has 1 aliphatic rings. The summed E-state index contributed by atoms with van der Waals surface area (Å²) in [6.45, 7) is 4.14. The Bertz CT molecular complexity index is 507. The molecule has 4 nitrogen and oxygen atoms in total. The molecular weight excluding hydrogens is 300 g/mol. The van der Waals surface area contributed by atoms with Gasteiger partial charge in [0, 0.05) is 24.0 Å². The molecule has 0 spiro atoms. The summed E-state index contributed by atoms with van der Waals surface area (Å²) in [4.78, 5) is 14.6. The molecule has 1 amide bonds. The molecule has 0 aromatic heterocycles. The minimum absolute atomic E-state index is 0.000920. The zero-order valence-electron chi connectivity index (χ0n) is 13.4. The molecule has 0 aliphatic carbocycles. The lowest BCUT2D eigenvalue weighted by Gasteiger charge is -2.35. The molecule has 1 aliphatic heterocycles. The van der Waals surface area contributed by atoms with Gasteiger partial charge in [-0.2, -0.15) is 0 Å². The monoisotopic (exact) mass is 324 g/mol. The number of nitrogens with one attached hydrogen (secondary N) is 1. The van der Waals surface area contributed by atoms with Gasteiger partial charge >= 0.3 is 0 Å². The van der Waals surface area contributed by atoms with Crippen molar-refractivity contribution in [2.45, 2.75) is 45.1 Å². The summed E-state index contributed by atoms with van der Waals surface area (Å²) in [5.74, 6) is 0.628. The molecule has 1 aromatic carbocycles. The molecule has 1 saturated heterocycles. The van der Waals surface area contributed by atoms with E-state index in [4.69, 9.17) is 16.3 Å². The SMILES string of the molecule is CCC1CCCCN1CCC(=O)Nc1cc(Cl)ccc1OC. The highest BCUT2D eigenvalue weighted by Crippen LogP contribution is 2.28. The van der Waals surface area contributed by atoms with Gasteiger partial charge in [-0.15, -0.1) is 0 Å². The average Bonchev–Trinajstić information content (AvgIpc) is 2.53. The van der Waals surface area contributed by atoms with Gasteiger partial charge in [-0.05, 0) is 44.0 Å². The molecule has 0 bridgehead atoms. The Labute approximate surface area is 137 Å². The summed E-state index contributed by atoms with van der Waals surface area (Å²) < 4.78 is 5.25. The van der Waals surface area contributed by atoms with Crippen LogP contribution in [0, 0.1) is 0 Å². The smallest absolute Gasteiger partial charge is 0.225 e. The van der Waals surface area contributed by atoms with E-state index in [1.807, 2.05) is 0 Å². The minimum Gasteiger partial charge on any atom is -0.495 e. The van der Waals surface area contributed by atoms with Crippen molar-refractivity contribution in [2.75, 3.05) is 25.5 Å². The molecule has 2 rings (SSSR count). The molecule has 1 atom stereocenters. The Morgan fingerprint density at radius 1 is 1.45 bits per heavy atom. The fourth-order valence-corrected chi connectivity index (χ4v) is 3.22. The summed E-state index contributed by atoms with van der Waals surface area (Å²) in [6.07, 6.45) is 5.44. The van der Waals surface area contributed by atoms with Crippen LogP contribution in [0.4, 0.5) is 5.69 Å². The zero-order valence-corrected chi connectivity index (χ0v) is 14.2. The van der Waals surface area contributed by atoms with Gasteiger partial charge < -0.3 is 10.1 Å². The topological polar surface area (TPSA) is 41.6 Å². The second-order valence-electron chi connectivity index (χ2n) is 5.74. The largest absolute Gasteiger partial charge is 0.495 e. The van der Waals surface area contributed by atoms with Gasteiger partial charge in [0.25, 0.3) is 0 Å². The van der Waals surface area contributed by atoms with E-state index < -0.39 is 0 Å². The second-order valence-corrected chi connectivity index (χ2v) is 6.17. The first-order chi connectivity index (χ1) is 10.6. The van der Waals surface area contributed by atoms with Crippen LogP contribution in [0.15, 0.2) is 18.2 Å². The molecule has 5 heteroatoms. The van der Waals surface area contributed by atoms with Crippen LogP contribution in [0.1, 0.15) is 39.0 Å². The lowest BCUT2D eigenvalue weighted by atomic mass is 10.00. The number of amides is 1. The van der Waals surface area contributed by atoms with Crippen LogP contribution in [0.3, 0.4) is 0 Å². The number of halogens is 1. The summed E-state index contributed by atoms with van der Waals surface area (Å²) in [5.41, 5.74) is 0.630. The van der Waals surface area contributed by atoms with E-state index in [0.717, 1.165) is 19.5 Å². The third-order valence-corrected chi connectivity index (χ3v) is 4.52. The number of piperidine rings is 1. The van der Waals surface area contributed by atoms with Crippen LogP contribution < -0.4 is 10.1 Å². The predicted molar refractivity (Wildman–Crippen MR) is 90.8 cm³/mol. The van der Waals surface area contributed by atoms with Crippen LogP contribution in [0.2, 0.25) is 5.02 Å². The zero-order chi connectivity index (χ0) is 15.9. The highest BCUT2D eigenvalue weighted by Gasteiger charge is 2.21. The number of carbonyl (C=O) groups excluding carboxylic acids is 1. The maximum Gasteiger partial charge on any atom is 0.225 e. The van der Waals surface area contributed by atoms with Crippen LogP contribution in [0.5, 0.6) is 5.75 Å². The Morgan fingerprint density at radius 2 is 2.27 bits per heavy atom. The number of hydrogen-bond donors (Lipinski definition) is 1. The standard InChI is InChI=1S/C17H25ClN2O2/c1-3-14-6-4-5-10-20(14)11-9-17(21)19-15-12-13(18)7-8-16(15)22-2/h7-8,12,14H,3-6,9-11H2,1-2H3,(H,19,21). The van der Waals surface area contributed by atoms with Crippen LogP contribution in [-0.4, -0.2) is 37.0 Å². The van der Waals surface area contributed by atoms with Gasteiger partial charge in [-0.25, -0.2) is 0 Å². The molecule has 122 valence electrons. The molecule has 0 saturated carbocycles. The Balaban J connectivity index is 1.89. The number of anilines is 1. The van der Waals surface area contributed by atoms with Crippen molar-refractivity contribution in [1.29, 1.82) is 0 Å². The van der Waals surface area contributed by atoms with Crippen molar-refractivity contribution in [2.24, 2.45) is 0 Å². The highest BCUT2D eigenvalue weighted by molar-refractivity contribution is 6.31. The third-order valence-electron chi connectivity index (χ3n) is 4.28. The van der Waals surface area contributed by atoms with Gasteiger partial charge in [0.05, 0.1) is 12.8 Å². The first-order valence-electron chi connectivity index (χ1n) is 8.01. The van der Waals surface area contributed by atoms with Crippen molar-refractivity contribution in [3.8, 4) is 5.75 Å². The van der Waals surface area contributed by atoms with Crippen LogP contribution in [-0.2, 0) is 4.79 Å². The van der Waals surface area contributed by atoms with Crippen molar-refractivity contribution in [1.82, 2.24) is 4.90 Å². The predicted octanol–water partition coefficient (Wildman–Crippen LogP) is 3.94. The third kappa shape index (κ3) is 4.62. The van der Waals surface area contributed by atoms with E-state index in [2.05, 4.69) is 17.1 Å². The number of nitrogens with zero attached hydrogens (tertiary/aromatic N) is 1. The van der Waals surface area contributed by atoms with E-state index in [9.17, 15) is 4.79 Å². The summed E-state index contributed by atoms with van der Waals surface area (Å²) in [7, 11) is 1.58. The first kappa shape index (κ1) is 17.1. The number of benzene rings is 1. The van der Waals surface area contributed by atoms with Gasteiger partial charge in [-0.3, -0.25) is 9.69 Å². The lowest BCUT2D eigenvalue weighted by Crippen LogP contribution is -2.40. The number of hydrogen-bond acceptors (Lipinski definition) is 3. The molecular formula is C17H25ClN2O2. The number of rotatable bonds is 6. The number of carbonyl (C=O) groups is 1. The fourth-order valence-electron chi connectivity index (χ4n) is 3.05. The molecule has 22 heavy (non-hydrogen) atoms. The molecule has 1 aromatic rings. The molecule has 1 N–H and O–H groups in total. The average molecular weight is 325 g/mol. The maximum absolute atomic E-state index is 12.2. The summed E-state index contributed by atoms with van der Waals surface area (Å²) in [6, 6.07) is 5.85. The summed E-state index contributed by atoms with van der Waals surface area (Å²) >= 11 is 5.98. The number of likely N-dealkylation sites (tertiary alicyclic amines) is 1. The van der Waals surface area contributed by atoms with E-state index in [1.54, 1.807) is 25.3 Å². The van der Waals surface area contributed by atoms with Gasteiger partial charge in [0.1, 0.15) is 5.75 Å².